The lowest BCUT2D eigenvalue weighted by atomic mass is 9.88. The minimum atomic E-state index is 0.703. The van der Waals surface area contributed by atoms with Gasteiger partial charge in [0.15, 0.2) is 0 Å². The third-order valence-corrected chi connectivity index (χ3v) is 9.45. The molecule has 0 bridgehead atoms. The summed E-state index contributed by atoms with van der Waals surface area (Å²) in [7, 11) is 0. The van der Waals surface area contributed by atoms with Crippen molar-refractivity contribution in [3.05, 3.63) is 0 Å². The van der Waals surface area contributed by atoms with Gasteiger partial charge in [-0.3, -0.25) is 9.80 Å². The topological polar surface area (TPSA) is 13.0 Å². The number of piperidine rings is 2. The fraction of sp³-hybridized carbons (Fsp3) is 1.00. The van der Waals surface area contributed by atoms with Crippen molar-refractivity contribution in [2.24, 2.45) is 17.8 Å². The van der Waals surface area contributed by atoms with Crippen molar-refractivity contribution in [3.8, 4) is 0 Å². The fourth-order valence-corrected chi connectivity index (χ4v) is 7.11. The molecule has 30 heavy (non-hydrogen) atoms. The molecule has 4 heterocycles. The van der Waals surface area contributed by atoms with Gasteiger partial charge < -0.3 is 9.80 Å². The zero-order chi connectivity index (χ0) is 21.4. The second kappa shape index (κ2) is 9.77. The highest BCUT2D eigenvalue weighted by molar-refractivity contribution is 4.96. The molecule has 0 amide bonds. The van der Waals surface area contributed by atoms with Gasteiger partial charge >= 0.3 is 0 Å². The highest BCUT2D eigenvalue weighted by Crippen LogP contribution is 2.36. The normalized spacial score (nSPS) is 36.4. The Labute approximate surface area is 187 Å². The van der Waals surface area contributed by atoms with Crippen LogP contribution in [0.5, 0.6) is 0 Å². The standard InChI is InChI=1S/C26H50N4/c1-19(2)27-13-10-24-15-29(17-25(24)16-27)21(5)7-8-22(6)30-14-11-23-9-12-28(20(3)4)18-26(23)30/h19-26H,7-18H2,1-6H3. The van der Waals surface area contributed by atoms with Crippen molar-refractivity contribution in [2.45, 2.75) is 104 Å². The van der Waals surface area contributed by atoms with Gasteiger partial charge in [-0.2, -0.15) is 0 Å². The van der Waals surface area contributed by atoms with Crippen molar-refractivity contribution >= 4 is 0 Å². The van der Waals surface area contributed by atoms with Gasteiger partial charge in [0.1, 0.15) is 0 Å². The van der Waals surface area contributed by atoms with Gasteiger partial charge in [0, 0.05) is 56.4 Å². The van der Waals surface area contributed by atoms with E-state index in [1.807, 2.05) is 0 Å². The largest absolute Gasteiger partial charge is 0.301 e. The van der Waals surface area contributed by atoms with E-state index < -0.39 is 0 Å². The van der Waals surface area contributed by atoms with Crippen molar-refractivity contribution in [3.63, 3.8) is 0 Å². The Bertz CT molecular complexity index is 549. The SMILES string of the molecule is CC(C)N1CCC2CN(C(C)CCC(C)N3CCC4CCN(C(C)C)CC43)CC2C1. The van der Waals surface area contributed by atoms with E-state index in [2.05, 4.69) is 61.1 Å². The Morgan fingerprint density at radius 1 is 0.567 bits per heavy atom. The average Bonchev–Trinajstić information content (AvgIpc) is 3.34. The van der Waals surface area contributed by atoms with Crippen LogP contribution in [0.15, 0.2) is 0 Å². The van der Waals surface area contributed by atoms with Crippen LogP contribution < -0.4 is 0 Å². The number of nitrogens with zero attached hydrogens (tertiary/aromatic N) is 4. The van der Waals surface area contributed by atoms with Crippen molar-refractivity contribution in [1.82, 2.24) is 19.6 Å². The maximum atomic E-state index is 2.90. The van der Waals surface area contributed by atoms with Gasteiger partial charge in [-0.25, -0.2) is 0 Å². The van der Waals surface area contributed by atoms with Gasteiger partial charge in [0.05, 0.1) is 0 Å². The van der Waals surface area contributed by atoms with Crippen LogP contribution in [0.3, 0.4) is 0 Å². The molecule has 0 saturated carbocycles. The number of fused-ring (bicyclic) bond motifs is 2. The van der Waals surface area contributed by atoms with Crippen LogP contribution in [0, 0.1) is 17.8 Å². The lowest BCUT2D eigenvalue weighted by Gasteiger charge is -2.42. The summed E-state index contributed by atoms with van der Waals surface area (Å²) in [6.45, 7) is 23.9. The number of hydrogen-bond donors (Lipinski definition) is 0. The zero-order valence-corrected chi connectivity index (χ0v) is 20.9. The van der Waals surface area contributed by atoms with Gasteiger partial charge in [-0.1, -0.05) is 0 Å². The Hall–Kier alpha value is -0.160. The predicted molar refractivity (Wildman–Crippen MR) is 128 cm³/mol. The third kappa shape index (κ3) is 4.92. The molecular weight excluding hydrogens is 368 g/mol. The van der Waals surface area contributed by atoms with Crippen LogP contribution in [0.4, 0.5) is 0 Å². The van der Waals surface area contributed by atoms with E-state index in [0.29, 0.717) is 12.1 Å². The summed E-state index contributed by atoms with van der Waals surface area (Å²) in [6, 6.07) is 3.74. The minimum Gasteiger partial charge on any atom is -0.301 e. The fourth-order valence-electron chi connectivity index (χ4n) is 7.11. The van der Waals surface area contributed by atoms with Crippen LogP contribution in [-0.2, 0) is 0 Å². The molecule has 174 valence electrons. The van der Waals surface area contributed by atoms with E-state index in [1.165, 1.54) is 77.9 Å². The molecule has 0 aromatic rings. The van der Waals surface area contributed by atoms with Crippen molar-refractivity contribution in [2.75, 3.05) is 45.8 Å². The molecule has 6 unspecified atom stereocenters. The van der Waals surface area contributed by atoms with E-state index in [-0.39, 0.29) is 0 Å². The molecule has 0 spiro atoms. The summed E-state index contributed by atoms with van der Waals surface area (Å²) in [5, 5.41) is 0. The van der Waals surface area contributed by atoms with Crippen LogP contribution in [-0.4, -0.2) is 95.6 Å². The molecular formula is C26H50N4. The third-order valence-electron chi connectivity index (χ3n) is 9.45. The molecule has 0 aromatic heterocycles. The van der Waals surface area contributed by atoms with E-state index in [0.717, 1.165) is 35.9 Å². The average molecular weight is 419 g/mol. The first-order chi connectivity index (χ1) is 14.3. The van der Waals surface area contributed by atoms with Crippen molar-refractivity contribution in [1.29, 1.82) is 0 Å². The van der Waals surface area contributed by atoms with Gasteiger partial charge in [-0.15, -0.1) is 0 Å². The van der Waals surface area contributed by atoms with E-state index in [1.54, 1.807) is 0 Å². The molecule has 4 fully saturated rings. The van der Waals surface area contributed by atoms with E-state index in [9.17, 15) is 0 Å². The van der Waals surface area contributed by atoms with Gasteiger partial charge in [0.2, 0.25) is 0 Å². The smallest absolute Gasteiger partial charge is 0.0255 e. The van der Waals surface area contributed by atoms with Crippen LogP contribution >= 0.6 is 0 Å². The Balaban J connectivity index is 1.25. The first-order valence-electron chi connectivity index (χ1n) is 13.3. The maximum absolute atomic E-state index is 2.90. The first kappa shape index (κ1) is 23.0. The second-order valence-corrected chi connectivity index (χ2v) is 11.9. The molecule has 4 nitrogen and oxygen atoms in total. The molecule has 0 aliphatic carbocycles. The molecule has 4 heteroatoms. The Morgan fingerprint density at radius 2 is 1.10 bits per heavy atom. The molecule has 4 rings (SSSR count). The molecule has 6 atom stereocenters. The lowest BCUT2D eigenvalue weighted by Crippen LogP contribution is -2.52. The molecule has 4 aliphatic heterocycles. The summed E-state index contributed by atoms with van der Waals surface area (Å²) in [5.74, 6) is 2.85. The summed E-state index contributed by atoms with van der Waals surface area (Å²) in [5.41, 5.74) is 0. The number of likely N-dealkylation sites (tertiary alicyclic amines) is 4. The highest BCUT2D eigenvalue weighted by atomic mass is 15.3. The molecule has 0 radical (unpaired) electrons. The predicted octanol–water partition coefficient (Wildman–Crippen LogP) is 4.01. The number of hydrogen-bond acceptors (Lipinski definition) is 4. The summed E-state index contributed by atoms with van der Waals surface area (Å²) < 4.78 is 0. The molecule has 4 aliphatic rings. The summed E-state index contributed by atoms with van der Waals surface area (Å²) in [6.07, 6.45) is 7.03. The van der Waals surface area contributed by atoms with Gasteiger partial charge in [0.25, 0.3) is 0 Å². The monoisotopic (exact) mass is 418 g/mol. The van der Waals surface area contributed by atoms with Crippen LogP contribution in [0.25, 0.3) is 0 Å². The van der Waals surface area contributed by atoms with Crippen LogP contribution in [0.2, 0.25) is 0 Å². The second-order valence-electron chi connectivity index (χ2n) is 11.9. The Morgan fingerprint density at radius 3 is 1.80 bits per heavy atom. The number of rotatable bonds is 7. The van der Waals surface area contributed by atoms with Gasteiger partial charge in [-0.05, 0) is 111 Å². The first-order valence-corrected chi connectivity index (χ1v) is 13.3. The zero-order valence-electron chi connectivity index (χ0n) is 20.9. The highest BCUT2D eigenvalue weighted by Gasteiger charge is 2.41. The van der Waals surface area contributed by atoms with E-state index in [4.69, 9.17) is 0 Å². The maximum Gasteiger partial charge on any atom is 0.0255 e. The van der Waals surface area contributed by atoms with Crippen LogP contribution in [0.1, 0.15) is 73.6 Å². The minimum absolute atomic E-state index is 0.703. The lowest BCUT2D eigenvalue weighted by molar-refractivity contribution is 0.0619. The quantitative estimate of drug-likeness (QED) is 0.619. The molecule has 0 N–H and O–H groups in total. The van der Waals surface area contributed by atoms with E-state index >= 15 is 0 Å². The Kier molecular flexibility index (Phi) is 7.49. The van der Waals surface area contributed by atoms with Crippen molar-refractivity contribution < 1.29 is 0 Å². The summed E-state index contributed by atoms with van der Waals surface area (Å²) >= 11 is 0. The molecule has 4 saturated heterocycles. The summed E-state index contributed by atoms with van der Waals surface area (Å²) in [4.78, 5) is 11.2. The molecule has 0 aromatic carbocycles.